The van der Waals surface area contributed by atoms with E-state index in [9.17, 15) is 0 Å². The summed E-state index contributed by atoms with van der Waals surface area (Å²) >= 11 is 0. The van der Waals surface area contributed by atoms with Crippen LogP contribution in [-0.4, -0.2) is 44.2 Å². The third-order valence-corrected chi connectivity index (χ3v) is 8.63. The summed E-state index contributed by atoms with van der Waals surface area (Å²) in [5.41, 5.74) is 9.49. The highest BCUT2D eigenvalue weighted by Gasteiger charge is 2.30. The molecule has 0 aliphatic heterocycles. The minimum absolute atomic E-state index is 0.0703. The van der Waals surface area contributed by atoms with Crippen LogP contribution in [-0.2, 0) is 18.3 Å². The Morgan fingerprint density at radius 2 is 1.00 bits per heavy atom. The van der Waals surface area contributed by atoms with Gasteiger partial charge in [0.1, 0.15) is 44.9 Å². The highest BCUT2D eigenvalue weighted by molar-refractivity contribution is 5.75. The van der Waals surface area contributed by atoms with Crippen LogP contribution in [0.4, 0.5) is 0 Å². The molecule has 0 spiro atoms. The lowest BCUT2D eigenvalue weighted by Crippen LogP contribution is -2.25. The number of benzene rings is 4. The van der Waals surface area contributed by atoms with Gasteiger partial charge in [-0.05, 0) is 76.6 Å². The van der Waals surface area contributed by atoms with Crippen LogP contribution in [0, 0.1) is 10.8 Å². The van der Waals surface area contributed by atoms with Gasteiger partial charge in [0.15, 0.2) is 0 Å². The molecule has 8 nitrogen and oxygen atoms in total. The third kappa shape index (κ3) is 6.93. The Balaban J connectivity index is 1.57. The van der Waals surface area contributed by atoms with Crippen molar-refractivity contribution in [3.63, 3.8) is 0 Å². The first-order valence-electron chi connectivity index (χ1n) is 16.7. The molecular formula is C40H48N6O2. The van der Waals surface area contributed by atoms with Crippen LogP contribution in [0.2, 0.25) is 0 Å². The summed E-state index contributed by atoms with van der Waals surface area (Å²) < 4.78 is 12.4. The molecule has 250 valence electrons. The fraction of sp³-hybridized carbons (Fsp3) is 0.400. The molecule has 0 fully saturated rings. The van der Waals surface area contributed by atoms with E-state index in [0.29, 0.717) is 6.42 Å². The van der Waals surface area contributed by atoms with E-state index in [-0.39, 0.29) is 16.2 Å². The van der Waals surface area contributed by atoms with Gasteiger partial charge in [-0.25, -0.2) is 0 Å². The van der Waals surface area contributed by atoms with Crippen molar-refractivity contribution in [1.82, 2.24) is 30.0 Å². The van der Waals surface area contributed by atoms with Crippen molar-refractivity contribution in [2.45, 2.75) is 80.1 Å². The second kappa shape index (κ2) is 12.4. The Labute approximate surface area is 284 Å². The molecule has 0 unspecified atom stereocenters. The van der Waals surface area contributed by atoms with Gasteiger partial charge in [-0.2, -0.15) is 0 Å². The van der Waals surface area contributed by atoms with Crippen molar-refractivity contribution in [2.24, 2.45) is 10.8 Å². The number of nitrogens with zero attached hydrogens (tertiary/aromatic N) is 6. The molecule has 0 aliphatic rings. The first kappa shape index (κ1) is 33.2. The quantitative estimate of drug-likeness (QED) is 0.156. The van der Waals surface area contributed by atoms with E-state index < -0.39 is 0 Å². The number of aromatic nitrogens is 6. The Kier molecular flexibility index (Phi) is 8.56. The Morgan fingerprint density at radius 1 is 0.562 bits per heavy atom. The zero-order chi connectivity index (χ0) is 34.4. The summed E-state index contributed by atoms with van der Waals surface area (Å²) in [6.45, 7) is 18.3. The molecular weight excluding hydrogens is 596 g/mol. The lowest BCUT2D eigenvalue weighted by molar-refractivity contribution is 0.283. The highest BCUT2D eigenvalue weighted by Crippen LogP contribution is 2.42. The Morgan fingerprint density at radius 3 is 1.42 bits per heavy atom. The molecule has 2 heterocycles. The van der Waals surface area contributed by atoms with Crippen LogP contribution >= 0.6 is 0 Å². The van der Waals surface area contributed by atoms with Crippen LogP contribution in [0.5, 0.6) is 11.5 Å². The number of methoxy groups -OCH3 is 2. The monoisotopic (exact) mass is 644 g/mol. The first-order valence-corrected chi connectivity index (χ1v) is 16.7. The van der Waals surface area contributed by atoms with Crippen LogP contribution in [0.25, 0.3) is 33.4 Å². The number of fused-ring (bicyclic) bond motifs is 2. The van der Waals surface area contributed by atoms with Crippen molar-refractivity contribution in [3.05, 3.63) is 95.1 Å². The molecule has 48 heavy (non-hydrogen) atoms. The van der Waals surface area contributed by atoms with Gasteiger partial charge in [0.25, 0.3) is 0 Å². The molecule has 2 aromatic heterocycles. The summed E-state index contributed by atoms with van der Waals surface area (Å²) in [6.07, 6.45) is 2.43. The van der Waals surface area contributed by atoms with E-state index >= 15 is 0 Å². The standard InChI is InChI=1S/C40H48N6O2/c1-38(2,3)24-26-19-27(36(47-9)34(20-26)45-41-30-15-11-12-16-31(30)42-45)21-28-22-29(40(7,8)25-39(4,5)6)23-35(37(28)48-10)46-43-32-17-13-14-18-33(32)44-46/h11-20,22-23H,21,24-25H2,1-10H3. The fourth-order valence-electron chi connectivity index (χ4n) is 7.11. The van der Waals surface area contributed by atoms with Crippen LogP contribution < -0.4 is 9.47 Å². The maximum absolute atomic E-state index is 6.24. The summed E-state index contributed by atoms with van der Waals surface area (Å²) in [7, 11) is 3.45. The van der Waals surface area contributed by atoms with Crippen LogP contribution in [0.3, 0.4) is 0 Å². The Hall–Kier alpha value is -4.72. The van der Waals surface area contributed by atoms with Gasteiger partial charge in [0.05, 0.1) is 14.2 Å². The average Bonchev–Trinajstić information content (AvgIpc) is 3.63. The van der Waals surface area contributed by atoms with E-state index in [4.69, 9.17) is 29.9 Å². The van der Waals surface area contributed by atoms with Gasteiger partial charge in [0, 0.05) is 17.5 Å². The van der Waals surface area contributed by atoms with E-state index in [1.807, 2.05) is 48.5 Å². The number of hydrogen-bond acceptors (Lipinski definition) is 6. The zero-order valence-electron chi connectivity index (χ0n) is 30.0. The minimum Gasteiger partial charge on any atom is -0.494 e. The molecule has 6 aromatic rings. The number of ether oxygens (including phenoxy) is 2. The van der Waals surface area contributed by atoms with E-state index in [1.54, 1.807) is 23.8 Å². The summed E-state index contributed by atoms with van der Waals surface area (Å²) in [4.78, 5) is 3.44. The van der Waals surface area contributed by atoms with E-state index in [2.05, 4.69) is 79.7 Å². The second-order valence-electron chi connectivity index (χ2n) is 16.0. The highest BCUT2D eigenvalue weighted by atomic mass is 16.5. The molecule has 0 amide bonds. The summed E-state index contributed by atoms with van der Waals surface area (Å²) in [5.74, 6) is 1.47. The summed E-state index contributed by atoms with van der Waals surface area (Å²) in [6, 6.07) is 24.8. The second-order valence-corrected chi connectivity index (χ2v) is 16.0. The largest absolute Gasteiger partial charge is 0.494 e. The van der Waals surface area contributed by atoms with Crippen molar-refractivity contribution < 1.29 is 9.47 Å². The molecule has 0 N–H and O–H groups in total. The van der Waals surface area contributed by atoms with Crippen LogP contribution in [0.1, 0.15) is 84.1 Å². The SMILES string of the molecule is COc1c(Cc2cc(C(C)(C)CC(C)(C)C)cc(-n3nc4ccccc4n3)c2OC)cc(CC(C)(C)C)cc1-n1nc2ccccc2n1. The molecule has 0 aliphatic carbocycles. The lowest BCUT2D eigenvalue weighted by Gasteiger charge is -2.34. The van der Waals surface area contributed by atoms with Gasteiger partial charge < -0.3 is 9.47 Å². The van der Waals surface area contributed by atoms with Crippen molar-refractivity contribution in [2.75, 3.05) is 14.2 Å². The third-order valence-electron chi connectivity index (χ3n) is 8.63. The first-order chi connectivity index (χ1) is 22.6. The van der Waals surface area contributed by atoms with E-state index in [0.717, 1.165) is 68.9 Å². The Bertz CT molecular complexity index is 2030. The molecule has 0 saturated carbocycles. The van der Waals surface area contributed by atoms with E-state index in [1.165, 1.54) is 11.1 Å². The molecule has 8 heteroatoms. The molecule has 0 radical (unpaired) electrons. The maximum atomic E-state index is 6.24. The lowest BCUT2D eigenvalue weighted by atomic mass is 9.72. The molecule has 0 atom stereocenters. The topological polar surface area (TPSA) is 79.9 Å². The zero-order valence-corrected chi connectivity index (χ0v) is 30.0. The molecule has 0 saturated heterocycles. The van der Waals surface area contributed by atoms with Gasteiger partial charge >= 0.3 is 0 Å². The van der Waals surface area contributed by atoms with Crippen molar-refractivity contribution >= 4 is 22.1 Å². The average molecular weight is 645 g/mol. The minimum atomic E-state index is -0.136. The van der Waals surface area contributed by atoms with Gasteiger partial charge in [-0.1, -0.05) is 91.8 Å². The summed E-state index contributed by atoms with van der Waals surface area (Å²) in [5, 5.41) is 19.5. The van der Waals surface area contributed by atoms with Gasteiger partial charge in [-0.15, -0.1) is 30.0 Å². The maximum Gasteiger partial charge on any atom is 0.149 e. The number of hydrogen-bond donors (Lipinski definition) is 0. The van der Waals surface area contributed by atoms with Crippen LogP contribution in [0.15, 0.2) is 72.8 Å². The molecule has 0 bridgehead atoms. The van der Waals surface area contributed by atoms with Gasteiger partial charge in [-0.3, -0.25) is 0 Å². The van der Waals surface area contributed by atoms with Gasteiger partial charge in [0.2, 0.25) is 0 Å². The predicted molar refractivity (Wildman–Crippen MR) is 194 cm³/mol. The smallest absolute Gasteiger partial charge is 0.149 e. The fourth-order valence-corrected chi connectivity index (χ4v) is 7.11. The van der Waals surface area contributed by atoms with Crippen molar-refractivity contribution in [1.29, 1.82) is 0 Å². The molecule has 4 aromatic carbocycles. The van der Waals surface area contributed by atoms with Crippen molar-refractivity contribution in [3.8, 4) is 22.9 Å². The normalized spacial score (nSPS) is 12.6. The predicted octanol–water partition coefficient (Wildman–Crippen LogP) is 9.06. The number of rotatable bonds is 9. The molecule has 6 rings (SSSR count).